The minimum atomic E-state index is -0.962. The number of unbranched alkanes of at least 4 members (excludes halogenated alkanes) is 1. The number of carboxylic acids is 1. The number of ether oxygens (including phenoxy) is 1. The Morgan fingerprint density at radius 1 is 0.941 bits per heavy atom. The third kappa shape index (κ3) is 9.39. The SMILES string of the molecule is CCCCn1cc(-c2ccc(Cl)cc2Cl)nc1[C@H](Cc1ccc(OCc2ccc(C(=O)O)cc2)cc1)NC(=O)CCCc1cc2ccccc2[nH]1. The standard InChI is InChI=1S/C41H40Cl2N4O4/c1-2-3-21-47-25-38(34-20-17-31(42)24-35(34)43)46-40(47)37(45-39(48)10-6-8-32-23-30-7-4-5-9-36(30)44-32)22-27-13-18-33(19-14-27)51-26-28-11-15-29(16-12-28)41(49)50/h4-5,7,9,11-20,23-25,37,44H,2-3,6,8,10,21-22,26H2,1H3,(H,45,48)(H,49,50)/t37-/m0/s1. The van der Waals surface area contributed by atoms with Crippen LogP contribution in [0.15, 0.2) is 103 Å². The summed E-state index contributed by atoms with van der Waals surface area (Å²) in [4.78, 5) is 33.3. The quantitative estimate of drug-likeness (QED) is 0.0922. The fourth-order valence-electron chi connectivity index (χ4n) is 6.09. The second-order valence-corrected chi connectivity index (χ2v) is 13.5. The Bertz CT molecular complexity index is 2070. The maximum Gasteiger partial charge on any atom is 0.335 e. The molecule has 10 heteroatoms. The van der Waals surface area contributed by atoms with E-state index in [4.69, 9.17) is 38.0 Å². The highest BCUT2D eigenvalue weighted by atomic mass is 35.5. The number of carboxylic acid groups (broad SMARTS) is 1. The first-order chi connectivity index (χ1) is 24.7. The molecule has 0 radical (unpaired) electrons. The Morgan fingerprint density at radius 3 is 2.43 bits per heavy atom. The molecular weight excluding hydrogens is 683 g/mol. The van der Waals surface area contributed by atoms with Crippen LogP contribution in [0.4, 0.5) is 0 Å². The molecule has 51 heavy (non-hydrogen) atoms. The first kappa shape index (κ1) is 35.8. The lowest BCUT2D eigenvalue weighted by atomic mass is 10.0. The molecule has 0 saturated carbocycles. The zero-order valence-corrected chi connectivity index (χ0v) is 29.9. The normalized spacial score (nSPS) is 11.8. The van der Waals surface area contributed by atoms with Crippen molar-refractivity contribution in [2.45, 2.75) is 64.6 Å². The molecule has 2 aromatic heterocycles. The van der Waals surface area contributed by atoms with Crippen LogP contribution in [0.3, 0.4) is 0 Å². The van der Waals surface area contributed by atoms with Crippen LogP contribution >= 0.6 is 23.2 Å². The van der Waals surface area contributed by atoms with Crippen molar-refractivity contribution in [1.29, 1.82) is 0 Å². The average molecular weight is 724 g/mol. The Labute approximate surface area is 307 Å². The predicted octanol–water partition coefficient (Wildman–Crippen LogP) is 9.84. The van der Waals surface area contributed by atoms with Gasteiger partial charge in [-0.2, -0.15) is 0 Å². The number of benzene rings is 4. The number of hydrogen-bond acceptors (Lipinski definition) is 4. The van der Waals surface area contributed by atoms with Crippen molar-refractivity contribution in [3.8, 4) is 17.0 Å². The highest BCUT2D eigenvalue weighted by Crippen LogP contribution is 2.32. The van der Waals surface area contributed by atoms with E-state index in [1.165, 1.54) is 5.39 Å². The number of imidazole rings is 1. The van der Waals surface area contributed by atoms with E-state index in [9.17, 15) is 9.59 Å². The Kier molecular flexibility index (Phi) is 11.8. The number of aromatic nitrogens is 3. The number of fused-ring (bicyclic) bond motifs is 1. The zero-order chi connectivity index (χ0) is 35.7. The summed E-state index contributed by atoms with van der Waals surface area (Å²) in [6.45, 7) is 3.20. The molecule has 0 bridgehead atoms. The number of carbonyl (C=O) groups excluding carboxylic acids is 1. The Balaban J connectivity index is 1.20. The Hall–Kier alpha value is -5.05. The van der Waals surface area contributed by atoms with Gasteiger partial charge in [0.05, 0.1) is 22.3 Å². The van der Waals surface area contributed by atoms with Crippen LogP contribution in [0.1, 0.15) is 71.7 Å². The molecule has 8 nitrogen and oxygen atoms in total. The number of carbonyl (C=O) groups is 2. The molecule has 4 aromatic carbocycles. The smallest absolute Gasteiger partial charge is 0.335 e. The molecule has 6 rings (SSSR count). The molecule has 6 aromatic rings. The molecule has 0 aliphatic rings. The van der Waals surface area contributed by atoms with Crippen LogP contribution in [-0.2, 0) is 30.8 Å². The van der Waals surface area contributed by atoms with Gasteiger partial charge in [0.2, 0.25) is 5.91 Å². The molecule has 1 atom stereocenters. The van der Waals surface area contributed by atoms with Crippen molar-refractivity contribution in [3.63, 3.8) is 0 Å². The number of nitrogens with one attached hydrogen (secondary N) is 2. The number of nitrogens with zero attached hydrogens (tertiary/aromatic N) is 2. The van der Waals surface area contributed by atoms with E-state index >= 15 is 0 Å². The van der Waals surface area contributed by atoms with Gasteiger partial charge in [-0.25, -0.2) is 9.78 Å². The van der Waals surface area contributed by atoms with Gasteiger partial charge >= 0.3 is 5.97 Å². The lowest BCUT2D eigenvalue weighted by Crippen LogP contribution is -2.32. The largest absolute Gasteiger partial charge is 0.489 e. The summed E-state index contributed by atoms with van der Waals surface area (Å²) in [6.07, 6.45) is 6.32. The van der Waals surface area contributed by atoms with Gasteiger partial charge < -0.3 is 24.7 Å². The number of halogens is 2. The van der Waals surface area contributed by atoms with Crippen LogP contribution in [0.5, 0.6) is 5.75 Å². The summed E-state index contributed by atoms with van der Waals surface area (Å²) in [7, 11) is 0. The third-order valence-electron chi connectivity index (χ3n) is 8.82. The van der Waals surface area contributed by atoms with Crippen molar-refractivity contribution in [2.24, 2.45) is 0 Å². The van der Waals surface area contributed by atoms with E-state index in [0.717, 1.165) is 65.2 Å². The molecule has 0 fully saturated rings. The molecule has 0 aliphatic heterocycles. The molecule has 0 unspecified atom stereocenters. The number of hydrogen-bond donors (Lipinski definition) is 3. The van der Waals surface area contributed by atoms with Gasteiger partial charge in [-0.05, 0) is 96.8 Å². The summed E-state index contributed by atoms with van der Waals surface area (Å²) >= 11 is 12.8. The molecular formula is C41H40Cl2N4O4. The molecule has 3 N–H and O–H groups in total. The van der Waals surface area contributed by atoms with E-state index in [0.29, 0.717) is 41.7 Å². The van der Waals surface area contributed by atoms with Gasteiger partial charge in [0.15, 0.2) is 0 Å². The van der Waals surface area contributed by atoms with Gasteiger partial charge in [-0.15, -0.1) is 0 Å². The Morgan fingerprint density at radius 2 is 1.71 bits per heavy atom. The monoisotopic (exact) mass is 722 g/mol. The summed E-state index contributed by atoms with van der Waals surface area (Å²) in [5.74, 6) is 0.443. The van der Waals surface area contributed by atoms with Crippen molar-refractivity contribution in [1.82, 2.24) is 19.9 Å². The lowest BCUT2D eigenvalue weighted by Gasteiger charge is -2.20. The average Bonchev–Trinajstić information content (AvgIpc) is 3.74. The first-order valence-electron chi connectivity index (χ1n) is 17.2. The summed E-state index contributed by atoms with van der Waals surface area (Å²) < 4.78 is 8.11. The van der Waals surface area contributed by atoms with Crippen LogP contribution < -0.4 is 10.1 Å². The van der Waals surface area contributed by atoms with Gasteiger partial charge in [0.25, 0.3) is 0 Å². The fraction of sp³-hybridized carbons (Fsp3) is 0.244. The summed E-state index contributed by atoms with van der Waals surface area (Å²) in [5.41, 5.74) is 5.82. The molecule has 0 aliphatic carbocycles. The van der Waals surface area contributed by atoms with Crippen molar-refractivity contribution < 1.29 is 19.4 Å². The van der Waals surface area contributed by atoms with Crippen molar-refractivity contribution in [2.75, 3.05) is 0 Å². The van der Waals surface area contributed by atoms with E-state index in [2.05, 4.69) is 40.0 Å². The highest BCUT2D eigenvalue weighted by molar-refractivity contribution is 6.36. The zero-order valence-electron chi connectivity index (χ0n) is 28.4. The maximum atomic E-state index is 13.6. The number of H-pyrrole nitrogens is 1. The topological polar surface area (TPSA) is 109 Å². The van der Waals surface area contributed by atoms with Gasteiger partial charge in [-0.1, -0.05) is 79.0 Å². The van der Waals surface area contributed by atoms with E-state index in [-0.39, 0.29) is 11.5 Å². The van der Waals surface area contributed by atoms with E-state index < -0.39 is 12.0 Å². The number of rotatable bonds is 16. The van der Waals surface area contributed by atoms with Gasteiger partial charge in [-0.3, -0.25) is 4.79 Å². The lowest BCUT2D eigenvalue weighted by molar-refractivity contribution is -0.122. The summed E-state index contributed by atoms with van der Waals surface area (Å²) in [5, 5.41) is 14.7. The number of aromatic carboxylic acids is 1. The molecule has 2 heterocycles. The fourth-order valence-corrected chi connectivity index (χ4v) is 6.60. The van der Waals surface area contributed by atoms with Gasteiger partial charge in [0.1, 0.15) is 18.2 Å². The molecule has 0 spiro atoms. The number of aryl methyl sites for hydroxylation is 2. The van der Waals surface area contributed by atoms with Crippen molar-refractivity contribution >= 4 is 46.0 Å². The van der Waals surface area contributed by atoms with E-state index in [1.807, 2.05) is 48.7 Å². The van der Waals surface area contributed by atoms with Gasteiger partial charge in [0, 0.05) is 41.0 Å². The minimum Gasteiger partial charge on any atom is -0.489 e. The predicted molar refractivity (Wildman–Crippen MR) is 203 cm³/mol. The number of para-hydroxylation sites is 1. The van der Waals surface area contributed by atoms with Crippen molar-refractivity contribution in [3.05, 3.63) is 142 Å². The second kappa shape index (κ2) is 16.8. The maximum absolute atomic E-state index is 13.6. The van der Waals surface area contributed by atoms with E-state index in [1.54, 1.807) is 36.4 Å². The van der Waals surface area contributed by atoms with Crippen LogP contribution in [-0.4, -0.2) is 31.5 Å². The number of amides is 1. The first-order valence-corrected chi connectivity index (χ1v) is 17.9. The molecule has 0 saturated heterocycles. The van der Waals surface area contributed by atoms with Crippen LogP contribution in [0, 0.1) is 0 Å². The second-order valence-electron chi connectivity index (χ2n) is 12.6. The number of aromatic amines is 1. The third-order valence-corrected chi connectivity index (χ3v) is 9.37. The highest BCUT2D eigenvalue weighted by Gasteiger charge is 2.23. The molecule has 1 amide bonds. The minimum absolute atomic E-state index is 0.0406. The van der Waals surface area contributed by atoms with Crippen LogP contribution in [0.25, 0.3) is 22.2 Å². The summed E-state index contributed by atoms with van der Waals surface area (Å²) in [6, 6.07) is 29.7. The van der Waals surface area contributed by atoms with Crippen LogP contribution in [0.2, 0.25) is 10.0 Å². The molecule has 262 valence electrons.